The van der Waals surface area contributed by atoms with Crippen LogP contribution in [0.2, 0.25) is 0 Å². The van der Waals surface area contributed by atoms with Gasteiger partial charge in [0, 0.05) is 6.54 Å². The van der Waals surface area contributed by atoms with Crippen LogP contribution in [0.4, 0.5) is 4.79 Å². The van der Waals surface area contributed by atoms with Crippen molar-refractivity contribution in [1.82, 2.24) is 15.5 Å². The Labute approximate surface area is 127 Å². The van der Waals surface area contributed by atoms with Crippen molar-refractivity contribution >= 4 is 17.8 Å². The van der Waals surface area contributed by atoms with Crippen LogP contribution >= 0.6 is 0 Å². The van der Waals surface area contributed by atoms with Crippen molar-refractivity contribution < 1.29 is 14.4 Å². The highest BCUT2D eigenvalue weighted by molar-refractivity contribution is 6.08. The van der Waals surface area contributed by atoms with Crippen LogP contribution in [-0.4, -0.2) is 41.4 Å². The maximum Gasteiger partial charge on any atom is 0.322 e. The number of carbonyl (C=O) groups excluding carboxylic acids is 3. The monoisotopic (exact) mass is 299 g/mol. The van der Waals surface area contributed by atoms with Crippen LogP contribution in [0, 0.1) is 0 Å². The first-order valence-corrected chi connectivity index (χ1v) is 7.54. The van der Waals surface area contributed by atoms with Gasteiger partial charge in [-0.05, 0) is 24.8 Å². The second kappa shape index (κ2) is 4.32. The second-order valence-electron chi connectivity index (χ2n) is 6.42. The van der Waals surface area contributed by atoms with Gasteiger partial charge in [0.25, 0.3) is 5.91 Å². The number of likely N-dealkylation sites (tertiary alicyclic amines) is 1. The first-order chi connectivity index (χ1) is 10.6. The summed E-state index contributed by atoms with van der Waals surface area (Å²) in [5, 5.41) is 4.95. The molecule has 2 heterocycles. The Morgan fingerprint density at radius 2 is 1.82 bits per heavy atom. The Balaban J connectivity index is 1.56. The van der Waals surface area contributed by atoms with E-state index in [1.807, 2.05) is 30.3 Å². The van der Waals surface area contributed by atoms with E-state index in [1.165, 1.54) is 0 Å². The number of nitrogens with zero attached hydrogens (tertiary/aromatic N) is 1. The van der Waals surface area contributed by atoms with Crippen LogP contribution in [0.25, 0.3) is 0 Å². The number of hydrogen-bond donors (Lipinski definition) is 2. The van der Waals surface area contributed by atoms with Crippen LogP contribution in [0.1, 0.15) is 24.8 Å². The summed E-state index contributed by atoms with van der Waals surface area (Å²) in [5.41, 5.74) is -0.313. The number of amides is 4. The number of hydrogen-bond acceptors (Lipinski definition) is 3. The molecule has 2 N–H and O–H groups in total. The second-order valence-corrected chi connectivity index (χ2v) is 6.42. The third-order valence-electron chi connectivity index (χ3n) is 5.06. The quantitative estimate of drug-likeness (QED) is 0.782. The van der Waals surface area contributed by atoms with Gasteiger partial charge in [0.1, 0.15) is 5.54 Å². The molecule has 1 atom stereocenters. The molecule has 2 aliphatic heterocycles. The summed E-state index contributed by atoms with van der Waals surface area (Å²) in [4.78, 5) is 38.0. The molecule has 0 bridgehead atoms. The third kappa shape index (κ3) is 1.76. The molecular weight excluding hydrogens is 282 g/mol. The van der Waals surface area contributed by atoms with Crippen molar-refractivity contribution in [3.63, 3.8) is 0 Å². The first-order valence-electron chi connectivity index (χ1n) is 7.54. The Bertz CT molecular complexity index is 668. The van der Waals surface area contributed by atoms with E-state index in [2.05, 4.69) is 10.6 Å². The number of urea groups is 1. The molecule has 1 spiro atoms. The number of nitrogens with one attached hydrogen (secondary N) is 2. The third-order valence-corrected chi connectivity index (χ3v) is 5.06. The van der Waals surface area contributed by atoms with Gasteiger partial charge in [-0.1, -0.05) is 30.3 Å². The lowest BCUT2D eigenvalue weighted by Crippen LogP contribution is -2.50. The molecule has 4 rings (SSSR count). The number of imide groups is 1. The van der Waals surface area contributed by atoms with Gasteiger partial charge in [-0.15, -0.1) is 0 Å². The van der Waals surface area contributed by atoms with Gasteiger partial charge in [-0.3, -0.25) is 14.9 Å². The Morgan fingerprint density at radius 1 is 1.09 bits per heavy atom. The topological polar surface area (TPSA) is 78.5 Å². The minimum absolute atomic E-state index is 0.0736. The van der Waals surface area contributed by atoms with Crippen molar-refractivity contribution in [2.75, 3.05) is 13.1 Å². The fourth-order valence-corrected chi connectivity index (χ4v) is 3.61. The van der Waals surface area contributed by atoms with Crippen LogP contribution in [0.5, 0.6) is 0 Å². The van der Waals surface area contributed by atoms with Gasteiger partial charge in [-0.25, -0.2) is 4.79 Å². The molecule has 1 aromatic carbocycles. The molecule has 1 aromatic rings. The van der Waals surface area contributed by atoms with E-state index in [9.17, 15) is 14.4 Å². The molecule has 114 valence electrons. The van der Waals surface area contributed by atoms with Crippen molar-refractivity contribution in [2.24, 2.45) is 0 Å². The predicted octanol–water partition coefficient (Wildman–Crippen LogP) is 0.529. The summed E-state index contributed by atoms with van der Waals surface area (Å²) in [6.07, 6.45) is 2.16. The molecule has 6 nitrogen and oxygen atoms in total. The molecule has 1 aliphatic carbocycles. The van der Waals surface area contributed by atoms with Crippen LogP contribution in [0.3, 0.4) is 0 Å². The molecule has 0 aromatic heterocycles. The van der Waals surface area contributed by atoms with Crippen molar-refractivity contribution in [3.05, 3.63) is 35.9 Å². The highest BCUT2D eigenvalue weighted by Crippen LogP contribution is 2.50. The Morgan fingerprint density at radius 3 is 2.41 bits per heavy atom. The largest absolute Gasteiger partial charge is 0.339 e. The van der Waals surface area contributed by atoms with Crippen molar-refractivity contribution in [2.45, 2.75) is 30.2 Å². The molecule has 3 fully saturated rings. The van der Waals surface area contributed by atoms with E-state index < -0.39 is 17.0 Å². The van der Waals surface area contributed by atoms with E-state index in [1.54, 1.807) is 4.90 Å². The zero-order chi connectivity index (χ0) is 15.4. The first kappa shape index (κ1) is 13.3. The number of benzene rings is 1. The average Bonchev–Trinajstić information content (AvgIpc) is 3.15. The van der Waals surface area contributed by atoms with Gasteiger partial charge >= 0.3 is 6.03 Å². The van der Waals surface area contributed by atoms with Crippen molar-refractivity contribution in [1.29, 1.82) is 0 Å². The lowest BCUT2D eigenvalue weighted by atomic mass is 9.94. The SMILES string of the molecule is O=C1NC(=O)C2(CCN(C(=O)C3(c4ccccc4)CC3)C2)N1. The lowest BCUT2D eigenvalue weighted by Gasteiger charge is -2.25. The zero-order valence-corrected chi connectivity index (χ0v) is 12.1. The highest BCUT2D eigenvalue weighted by atomic mass is 16.2. The normalized spacial score (nSPS) is 28.6. The fraction of sp³-hybridized carbons (Fsp3) is 0.438. The molecule has 4 amide bonds. The molecule has 3 aliphatic rings. The maximum absolute atomic E-state index is 12.9. The summed E-state index contributed by atoms with van der Waals surface area (Å²) in [6, 6.07) is 9.33. The standard InChI is InChI=1S/C16H17N3O3/c20-12-16(18-14(22)17-12)8-9-19(10-16)13(21)15(6-7-15)11-4-2-1-3-5-11/h1-5H,6-10H2,(H2,17,18,20,22). The Hall–Kier alpha value is -2.37. The summed E-state index contributed by atoms with van der Waals surface area (Å²) in [7, 11) is 0. The van der Waals surface area contributed by atoms with E-state index in [-0.39, 0.29) is 18.4 Å². The highest BCUT2D eigenvalue weighted by Gasteiger charge is 2.57. The number of carbonyl (C=O) groups is 3. The summed E-state index contributed by atoms with van der Waals surface area (Å²) >= 11 is 0. The zero-order valence-electron chi connectivity index (χ0n) is 12.1. The Kier molecular flexibility index (Phi) is 2.61. The molecule has 2 saturated heterocycles. The molecule has 0 radical (unpaired) electrons. The minimum Gasteiger partial charge on any atom is -0.339 e. The maximum atomic E-state index is 12.9. The summed E-state index contributed by atoms with van der Waals surface area (Å²) in [5.74, 6) is -0.248. The fourth-order valence-electron chi connectivity index (χ4n) is 3.61. The molecule has 6 heteroatoms. The van der Waals surface area contributed by atoms with E-state index in [0.717, 1.165) is 18.4 Å². The summed E-state index contributed by atoms with van der Waals surface area (Å²) in [6.45, 7) is 0.763. The molecule has 1 unspecified atom stereocenters. The van der Waals surface area contributed by atoms with Gasteiger partial charge in [-0.2, -0.15) is 0 Å². The van der Waals surface area contributed by atoms with Crippen LogP contribution < -0.4 is 10.6 Å². The lowest BCUT2D eigenvalue weighted by molar-refractivity contribution is -0.133. The molecule has 22 heavy (non-hydrogen) atoms. The van der Waals surface area contributed by atoms with Gasteiger partial charge in [0.15, 0.2) is 0 Å². The van der Waals surface area contributed by atoms with Gasteiger partial charge < -0.3 is 10.2 Å². The van der Waals surface area contributed by atoms with Gasteiger partial charge in [0.2, 0.25) is 5.91 Å². The summed E-state index contributed by atoms with van der Waals surface area (Å²) < 4.78 is 0. The van der Waals surface area contributed by atoms with E-state index in [0.29, 0.717) is 13.0 Å². The number of rotatable bonds is 2. The minimum atomic E-state index is -0.931. The predicted molar refractivity (Wildman–Crippen MR) is 78.0 cm³/mol. The van der Waals surface area contributed by atoms with Crippen molar-refractivity contribution in [3.8, 4) is 0 Å². The smallest absolute Gasteiger partial charge is 0.322 e. The van der Waals surface area contributed by atoms with Gasteiger partial charge in [0.05, 0.1) is 12.0 Å². The van der Waals surface area contributed by atoms with Crippen LogP contribution in [0.15, 0.2) is 30.3 Å². The molecular formula is C16H17N3O3. The average molecular weight is 299 g/mol. The van der Waals surface area contributed by atoms with Crippen LogP contribution in [-0.2, 0) is 15.0 Å². The molecule has 1 saturated carbocycles. The van der Waals surface area contributed by atoms with E-state index in [4.69, 9.17) is 0 Å². The van der Waals surface area contributed by atoms with E-state index >= 15 is 0 Å².